The highest BCUT2D eigenvalue weighted by Gasteiger charge is 2.27. The number of hydrogen-bond donors (Lipinski definition) is 0. The Bertz CT molecular complexity index is 579. The maximum Gasteiger partial charge on any atom is 0.227 e. The van der Waals surface area contributed by atoms with E-state index in [0.717, 1.165) is 5.56 Å². The standard InChI is InChI=1S/C16H23NO5S/c1-11-10-23(19)6-5-17(11)15(18)9-12-7-13(20-2)16(22-4)14(8-12)21-3/h7-8,11H,5-6,9-10H2,1-4H3/t11-,23+/m0/s1. The second-order valence-electron chi connectivity index (χ2n) is 5.46. The minimum atomic E-state index is -0.819. The van der Waals surface area contributed by atoms with Crippen molar-refractivity contribution in [3.05, 3.63) is 17.7 Å². The Morgan fingerprint density at radius 2 is 1.83 bits per heavy atom. The van der Waals surface area contributed by atoms with Crippen molar-refractivity contribution in [1.29, 1.82) is 0 Å². The number of amides is 1. The van der Waals surface area contributed by atoms with Gasteiger partial charge in [-0.1, -0.05) is 0 Å². The van der Waals surface area contributed by atoms with Crippen LogP contribution in [0.5, 0.6) is 17.2 Å². The summed E-state index contributed by atoms with van der Waals surface area (Å²) >= 11 is 0. The number of benzene rings is 1. The van der Waals surface area contributed by atoms with E-state index in [0.29, 0.717) is 35.3 Å². The summed E-state index contributed by atoms with van der Waals surface area (Å²) in [4.78, 5) is 14.3. The molecule has 23 heavy (non-hydrogen) atoms. The first kappa shape index (κ1) is 17.6. The van der Waals surface area contributed by atoms with Gasteiger partial charge in [0.1, 0.15) is 0 Å². The first-order valence-electron chi connectivity index (χ1n) is 7.43. The van der Waals surface area contributed by atoms with E-state index in [1.54, 1.807) is 38.4 Å². The minimum absolute atomic E-state index is 0.000812. The van der Waals surface area contributed by atoms with Gasteiger partial charge in [-0.2, -0.15) is 0 Å². The van der Waals surface area contributed by atoms with Crippen LogP contribution >= 0.6 is 0 Å². The van der Waals surface area contributed by atoms with E-state index >= 15 is 0 Å². The Morgan fingerprint density at radius 1 is 1.22 bits per heavy atom. The van der Waals surface area contributed by atoms with Crippen LogP contribution in [0.2, 0.25) is 0 Å². The number of rotatable bonds is 5. The normalized spacial score (nSPS) is 21.0. The fourth-order valence-electron chi connectivity index (χ4n) is 2.75. The molecule has 0 aromatic heterocycles. The van der Waals surface area contributed by atoms with E-state index in [9.17, 15) is 9.00 Å². The lowest BCUT2D eigenvalue weighted by molar-refractivity contribution is -0.131. The topological polar surface area (TPSA) is 65.1 Å². The van der Waals surface area contributed by atoms with Gasteiger partial charge in [0.05, 0.1) is 27.8 Å². The maximum atomic E-state index is 12.6. The fourth-order valence-corrected chi connectivity index (χ4v) is 4.03. The van der Waals surface area contributed by atoms with Gasteiger partial charge < -0.3 is 19.1 Å². The first-order valence-corrected chi connectivity index (χ1v) is 8.92. The van der Waals surface area contributed by atoms with Crippen molar-refractivity contribution >= 4 is 16.7 Å². The van der Waals surface area contributed by atoms with Gasteiger partial charge >= 0.3 is 0 Å². The molecule has 1 saturated heterocycles. The summed E-state index contributed by atoms with van der Waals surface area (Å²) in [6.45, 7) is 2.47. The number of carbonyl (C=O) groups excluding carboxylic acids is 1. The molecule has 0 N–H and O–H groups in total. The van der Waals surface area contributed by atoms with Gasteiger partial charge in [0.25, 0.3) is 0 Å². The van der Waals surface area contributed by atoms with E-state index in [-0.39, 0.29) is 18.4 Å². The Labute approximate surface area is 139 Å². The van der Waals surface area contributed by atoms with Crippen LogP contribution in [0.3, 0.4) is 0 Å². The van der Waals surface area contributed by atoms with Gasteiger partial charge in [0.2, 0.25) is 11.7 Å². The predicted molar refractivity (Wildman–Crippen MR) is 88.9 cm³/mol. The van der Waals surface area contributed by atoms with E-state index in [1.807, 2.05) is 6.92 Å². The first-order chi connectivity index (χ1) is 11.0. The number of ether oxygens (including phenoxy) is 3. The molecule has 1 aromatic carbocycles. The molecule has 1 aromatic rings. The smallest absolute Gasteiger partial charge is 0.227 e. The van der Waals surface area contributed by atoms with Gasteiger partial charge in [-0.15, -0.1) is 0 Å². The highest BCUT2D eigenvalue weighted by atomic mass is 32.2. The maximum absolute atomic E-state index is 12.6. The van der Waals surface area contributed by atoms with Crippen LogP contribution in [0, 0.1) is 0 Å². The zero-order chi connectivity index (χ0) is 17.0. The van der Waals surface area contributed by atoms with Gasteiger partial charge in [-0.25, -0.2) is 0 Å². The van der Waals surface area contributed by atoms with Gasteiger partial charge in [-0.3, -0.25) is 9.00 Å². The molecule has 7 heteroatoms. The molecule has 0 unspecified atom stereocenters. The predicted octanol–water partition coefficient (Wildman–Crippen LogP) is 1.23. The van der Waals surface area contributed by atoms with E-state index in [1.165, 1.54) is 0 Å². The third-order valence-electron chi connectivity index (χ3n) is 3.92. The van der Waals surface area contributed by atoms with Crippen LogP contribution in [0.4, 0.5) is 0 Å². The molecule has 128 valence electrons. The fraction of sp³-hybridized carbons (Fsp3) is 0.562. The molecule has 0 saturated carbocycles. The van der Waals surface area contributed by atoms with Crippen molar-refractivity contribution in [3.63, 3.8) is 0 Å². The molecule has 1 heterocycles. The lowest BCUT2D eigenvalue weighted by atomic mass is 10.1. The molecule has 0 spiro atoms. The summed E-state index contributed by atoms with van der Waals surface area (Å²) in [6.07, 6.45) is 0.244. The minimum Gasteiger partial charge on any atom is -0.493 e. The molecule has 2 atom stereocenters. The Hall–Kier alpha value is -1.76. The largest absolute Gasteiger partial charge is 0.493 e. The summed E-state index contributed by atoms with van der Waals surface area (Å²) in [6, 6.07) is 3.57. The summed E-state index contributed by atoms with van der Waals surface area (Å²) in [5, 5.41) is 0. The third kappa shape index (κ3) is 3.96. The number of methoxy groups -OCH3 is 3. The average molecular weight is 341 g/mol. The van der Waals surface area contributed by atoms with Crippen molar-refractivity contribution in [3.8, 4) is 17.2 Å². The van der Waals surface area contributed by atoms with Crippen molar-refractivity contribution in [1.82, 2.24) is 4.90 Å². The summed E-state index contributed by atoms with van der Waals surface area (Å²) in [7, 11) is 3.82. The molecule has 0 radical (unpaired) electrons. The van der Waals surface area contributed by atoms with Crippen LogP contribution < -0.4 is 14.2 Å². The van der Waals surface area contributed by atoms with Crippen molar-refractivity contribution in [2.24, 2.45) is 0 Å². The SMILES string of the molecule is COc1cc(CC(=O)N2CC[S@@](=O)C[C@@H]2C)cc(OC)c1OC. The molecule has 1 aliphatic heterocycles. The Morgan fingerprint density at radius 3 is 2.30 bits per heavy atom. The molecule has 6 nitrogen and oxygen atoms in total. The van der Waals surface area contributed by atoms with Crippen LogP contribution in [0.15, 0.2) is 12.1 Å². The van der Waals surface area contributed by atoms with E-state index in [2.05, 4.69) is 0 Å². The average Bonchev–Trinajstić information content (AvgIpc) is 2.53. The van der Waals surface area contributed by atoms with Crippen LogP contribution in [-0.4, -0.2) is 60.4 Å². The molecular weight excluding hydrogens is 318 g/mol. The van der Waals surface area contributed by atoms with E-state index < -0.39 is 10.8 Å². The zero-order valence-corrected chi connectivity index (χ0v) is 14.8. The molecule has 1 amide bonds. The number of hydrogen-bond acceptors (Lipinski definition) is 5. The molecule has 1 fully saturated rings. The van der Waals surface area contributed by atoms with Crippen LogP contribution in [-0.2, 0) is 22.0 Å². The zero-order valence-electron chi connectivity index (χ0n) is 14.0. The molecule has 2 rings (SSSR count). The quantitative estimate of drug-likeness (QED) is 0.806. The van der Waals surface area contributed by atoms with Gasteiger partial charge in [0, 0.05) is 34.9 Å². The molecular formula is C16H23NO5S. The molecule has 1 aliphatic rings. The van der Waals surface area contributed by atoms with Gasteiger partial charge in [0.15, 0.2) is 11.5 Å². The third-order valence-corrected chi connectivity index (χ3v) is 5.41. The monoisotopic (exact) mass is 341 g/mol. The second-order valence-corrected chi connectivity index (χ2v) is 7.08. The lowest BCUT2D eigenvalue weighted by Crippen LogP contribution is -2.48. The highest BCUT2D eigenvalue weighted by Crippen LogP contribution is 2.38. The van der Waals surface area contributed by atoms with Crippen LogP contribution in [0.1, 0.15) is 12.5 Å². The van der Waals surface area contributed by atoms with Crippen molar-refractivity contribution < 1.29 is 23.2 Å². The molecule has 0 aliphatic carbocycles. The van der Waals surface area contributed by atoms with Crippen molar-refractivity contribution in [2.45, 2.75) is 19.4 Å². The number of carbonyl (C=O) groups is 1. The Balaban J connectivity index is 2.19. The second kappa shape index (κ2) is 7.68. The Kier molecular flexibility index (Phi) is 5.87. The number of nitrogens with zero attached hydrogens (tertiary/aromatic N) is 1. The lowest BCUT2D eigenvalue weighted by Gasteiger charge is -2.33. The summed E-state index contributed by atoms with van der Waals surface area (Å²) < 4.78 is 27.5. The highest BCUT2D eigenvalue weighted by molar-refractivity contribution is 7.85. The van der Waals surface area contributed by atoms with Crippen LogP contribution in [0.25, 0.3) is 0 Å². The van der Waals surface area contributed by atoms with E-state index in [4.69, 9.17) is 14.2 Å². The summed E-state index contributed by atoms with van der Waals surface area (Å²) in [5.41, 5.74) is 0.795. The summed E-state index contributed by atoms with van der Waals surface area (Å²) in [5.74, 6) is 2.67. The van der Waals surface area contributed by atoms with Crippen molar-refractivity contribution in [2.75, 3.05) is 39.4 Å². The van der Waals surface area contributed by atoms with Gasteiger partial charge in [-0.05, 0) is 24.6 Å². The molecule has 0 bridgehead atoms.